The number of aliphatic hydroxyl groups excluding tert-OH is 1. The Morgan fingerprint density at radius 1 is 1.26 bits per heavy atom. The van der Waals surface area contributed by atoms with Crippen molar-refractivity contribution in [3.8, 4) is 0 Å². The predicted octanol–water partition coefficient (Wildman–Crippen LogP) is 1.07. The third-order valence-corrected chi connectivity index (χ3v) is 2.77. The van der Waals surface area contributed by atoms with Crippen LogP contribution in [0.4, 0.5) is 0 Å². The third-order valence-electron chi connectivity index (χ3n) is 2.77. The van der Waals surface area contributed by atoms with Crippen molar-refractivity contribution >= 4 is 11.9 Å². The Morgan fingerprint density at radius 3 is 2.32 bits per heavy atom. The molecule has 2 N–H and O–H groups in total. The van der Waals surface area contributed by atoms with Gasteiger partial charge in [0, 0.05) is 5.56 Å². The molecular weight excluding hydrogens is 246 g/mol. The van der Waals surface area contributed by atoms with E-state index in [9.17, 15) is 14.7 Å². The molecule has 5 heteroatoms. The minimum absolute atomic E-state index is 0.169. The van der Waals surface area contributed by atoms with Gasteiger partial charge < -0.3 is 15.2 Å². The average Bonchev–Trinajstić information content (AvgIpc) is 2.43. The SMILES string of the molecule is COC(=O)C(O)CNC(=O)c1ccc(C(C)C)cc1. The minimum Gasteiger partial charge on any atom is -0.467 e. The van der Waals surface area contributed by atoms with Gasteiger partial charge >= 0.3 is 5.97 Å². The van der Waals surface area contributed by atoms with Crippen molar-refractivity contribution in [2.75, 3.05) is 13.7 Å². The predicted molar refractivity (Wildman–Crippen MR) is 70.9 cm³/mol. The van der Waals surface area contributed by atoms with Crippen LogP contribution < -0.4 is 5.32 Å². The second-order valence-electron chi connectivity index (χ2n) is 4.53. The molecule has 0 aliphatic rings. The molecule has 1 atom stereocenters. The van der Waals surface area contributed by atoms with Crippen LogP contribution in [0.1, 0.15) is 35.7 Å². The summed E-state index contributed by atoms with van der Waals surface area (Å²) in [4.78, 5) is 22.7. The molecular formula is C14H19NO4. The lowest BCUT2D eigenvalue weighted by Crippen LogP contribution is -2.37. The van der Waals surface area contributed by atoms with Gasteiger partial charge in [0.25, 0.3) is 5.91 Å². The zero-order valence-electron chi connectivity index (χ0n) is 11.3. The molecule has 0 radical (unpaired) electrons. The molecule has 0 aliphatic carbocycles. The molecule has 19 heavy (non-hydrogen) atoms. The van der Waals surface area contributed by atoms with E-state index in [2.05, 4.69) is 23.9 Å². The van der Waals surface area contributed by atoms with Crippen molar-refractivity contribution in [1.29, 1.82) is 0 Å². The number of hydrogen-bond donors (Lipinski definition) is 2. The van der Waals surface area contributed by atoms with Gasteiger partial charge in [0.2, 0.25) is 0 Å². The van der Waals surface area contributed by atoms with E-state index in [4.69, 9.17) is 0 Å². The van der Waals surface area contributed by atoms with Crippen LogP contribution in [0.5, 0.6) is 0 Å². The van der Waals surface area contributed by atoms with Crippen LogP contribution in [0.3, 0.4) is 0 Å². The Balaban J connectivity index is 2.56. The smallest absolute Gasteiger partial charge is 0.336 e. The van der Waals surface area contributed by atoms with E-state index in [0.717, 1.165) is 5.56 Å². The number of rotatable bonds is 5. The number of nitrogens with one attached hydrogen (secondary N) is 1. The van der Waals surface area contributed by atoms with Crippen molar-refractivity contribution in [2.45, 2.75) is 25.9 Å². The normalized spacial score (nSPS) is 12.1. The number of benzene rings is 1. The first-order valence-electron chi connectivity index (χ1n) is 6.09. The summed E-state index contributed by atoms with van der Waals surface area (Å²) >= 11 is 0. The molecule has 0 spiro atoms. The summed E-state index contributed by atoms with van der Waals surface area (Å²) in [5.41, 5.74) is 1.63. The van der Waals surface area contributed by atoms with Gasteiger partial charge in [-0.3, -0.25) is 4.79 Å². The number of methoxy groups -OCH3 is 1. The molecule has 0 heterocycles. The lowest BCUT2D eigenvalue weighted by molar-refractivity contribution is -0.149. The van der Waals surface area contributed by atoms with Gasteiger partial charge in [-0.2, -0.15) is 0 Å². The number of esters is 1. The van der Waals surface area contributed by atoms with E-state index >= 15 is 0 Å². The summed E-state index contributed by atoms with van der Waals surface area (Å²) in [5, 5.41) is 11.8. The highest BCUT2D eigenvalue weighted by molar-refractivity contribution is 5.94. The summed E-state index contributed by atoms with van der Waals surface area (Å²) < 4.78 is 4.35. The number of hydrogen-bond acceptors (Lipinski definition) is 4. The first-order valence-corrected chi connectivity index (χ1v) is 6.09. The van der Waals surface area contributed by atoms with Crippen LogP contribution in [-0.2, 0) is 9.53 Å². The van der Waals surface area contributed by atoms with Crippen LogP contribution in [0.2, 0.25) is 0 Å². The third kappa shape index (κ3) is 4.37. The number of ether oxygens (including phenoxy) is 1. The van der Waals surface area contributed by atoms with Crippen LogP contribution in [0.15, 0.2) is 24.3 Å². The maximum Gasteiger partial charge on any atom is 0.336 e. The van der Waals surface area contributed by atoms with Crippen molar-refractivity contribution in [2.24, 2.45) is 0 Å². The van der Waals surface area contributed by atoms with Crippen LogP contribution >= 0.6 is 0 Å². The van der Waals surface area contributed by atoms with Gasteiger partial charge in [-0.25, -0.2) is 4.79 Å². The summed E-state index contributed by atoms with van der Waals surface area (Å²) in [6, 6.07) is 7.21. The summed E-state index contributed by atoms with van der Waals surface area (Å²) in [5.74, 6) is -0.702. The molecule has 1 rings (SSSR count). The molecule has 0 saturated heterocycles. The molecule has 0 aliphatic heterocycles. The van der Waals surface area contributed by atoms with Crippen molar-refractivity contribution in [1.82, 2.24) is 5.32 Å². The first kappa shape index (κ1) is 15.2. The van der Waals surface area contributed by atoms with Gasteiger partial charge in [0.05, 0.1) is 13.7 Å². The van der Waals surface area contributed by atoms with Gasteiger partial charge in [0.15, 0.2) is 6.10 Å². The second kappa shape index (κ2) is 6.89. The van der Waals surface area contributed by atoms with Crippen LogP contribution in [-0.4, -0.2) is 36.7 Å². The fourth-order valence-electron chi connectivity index (χ4n) is 1.53. The fourth-order valence-corrected chi connectivity index (χ4v) is 1.53. The molecule has 0 aromatic heterocycles. The number of carbonyl (C=O) groups excluding carboxylic acids is 2. The molecule has 1 unspecified atom stereocenters. The van der Waals surface area contributed by atoms with E-state index < -0.39 is 12.1 Å². The van der Waals surface area contributed by atoms with Crippen LogP contribution in [0.25, 0.3) is 0 Å². The maximum atomic E-state index is 11.8. The summed E-state index contributed by atoms with van der Waals surface area (Å²) in [7, 11) is 1.18. The molecule has 1 amide bonds. The molecule has 1 aromatic rings. The zero-order chi connectivity index (χ0) is 14.4. The molecule has 0 saturated carbocycles. The minimum atomic E-state index is -1.34. The lowest BCUT2D eigenvalue weighted by atomic mass is 10.0. The highest BCUT2D eigenvalue weighted by Crippen LogP contribution is 2.14. The van der Waals surface area contributed by atoms with Crippen molar-refractivity contribution in [3.63, 3.8) is 0 Å². The van der Waals surface area contributed by atoms with E-state index in [-0.39, 0.29) is 12.5 Å². The maximum absolute atomic E-state index is 11.8. The Labute approximate surface area is 112 Å². The molecule has 0 fully saturated rings. The molecule has 104 valence electrons. The zero-order valence-corrected chi connectivity index (χ0v) is 11.3. The Hall–Kier alpha value is -1.88. The number of amides is 1. The van der Waals surface area contributed by atoms with Gasteiger partial charge in [-0.1, -0.05) is 26.0 Å². The van der Waals surface area contributed by atoms with Gasteiger partial charge in [-0.05, 0) is 23.6 Å². The fraction of sp³-hybridized carbons (Fsp3) is 0.429. The average molecular weight is 265 g/mol. The number of aliphatic hydroxyl groups is 1. The first-order chi connectivity index (χ1) is 8.95. The molecule has 5 nitrogen and oxygen atoms in total. The summed E-state index contributed by atoms with van der Waals surface area (Å²) in [6.45, 7) is 3.97. The molecule has 0 bridgehead atoms. The highest BCUT2D eigenvalue weighted by atomic mass is 16.5. The van der Waals surface area contributed by atoms with Crippen LogP contribution in [0, 0.1) is 0 Å². The lowest BCUT2D eigenvalue weighted by Gasteiger charge is -2.10. The quantitative estimate of drug-likeness (QED) is 0.781. The topological polar surface area (TPSA) is 75.6 Å². The Kier molecular flexibility index (Phi) is 5.51. The highest BCUT2D eigenvalue weighted by Gasteiger charge is 2.16. The standard InChI is InChI=1S/C14H19NO4/c1-9(2)10-4-6-11(7-5-10)13(17)15-8-12(16)14(18)19-3/h4-7,9,12,16H,8H2,1-3H3,(H,15,17). The second-order valence-corrected chi connectivity index (χ2v) is 4.53. The monoisotopic (exact) mass is 265 g/mol. The summed E-state index contributed by atoms with van der Waals surface area (Å²) in [6.07, 6.45) is -1.34. The van der Waals surface area contributed by atoms with Gasteiger partial charge in [-0.15, -0.1) is 0 Å². The van der Waals surface area contributed by atoms with E-state index in [1.165, 1.54) is 7.11 Å². The van der Waals surface area contributed by atoms with Gasteiger partial charge in [0.1, 0.15) is 0 Å². The Bertz CT molecular complexity index is 439. The molecule has 1 aromatic carbocycles. The van der Waals surface area contributed by atoms with E-state index in [0.29, 0.717) is 11.5 Å². The van der Waals surface area contributed by atoms with Crippen molar-refractivity contribution in [3.05, 3.63) is 35.4 Å². The van der Waals surface area contributed by atoms with E-state index in [1.807, 2.05) is 12.1 Å². The van der Waals surface area contributed by atoms with E-state index in [1.54, 1.807) is 12.1 Å². The Morgan fingerprint density at radius 2 is 1.84 bits per heavy atom. The largest absolute Gasteiger partial charge is 0.467 e. The number of carbonyl (C=O) groups is 2. The van der Waals surface area contributed by atoms with Crippen molar-refractivity contribution < 1.29 is 19.4 Å².